The molecule has 1 aliphatic rings. The lowest BCUT2D eigenvalue weighted by Crippen LogP contribution is -2.60. The van der Waals surface area contributed by atoms with Crippen molar-refractivity contribution >= 4 is 5.91 Å². The molecule has 1 heterocycles. The second-order valence-electron chi connectivity index (χ2n) is 19.4. The van der Waals surface area contributed by atoms with E-state index in [1.165, 1.54) is 186 Å². The second-order valence-corrected chi connectivity index (χ2v) is 19.4. The third-order valence-electron chi connectivity index (χ3n) is 13.1. The Morgan fingerprint density at radius 3 is 1.36 bits per heavy atom. The van der Waals surface area contributed by atoms with Crippen molar-refractivity contribution in [2.75, 3.05) is 13.2 Å². The van der Waals surface area contributed by atoms with Crippen molar-refractivity contribution < 1.29 is 39.8 Å². The van der Waals surface area contributed by atoms with Crippen molar-refractivity contribution in [1.29, 1.82) is 0 Å². The Kier molecular flexibility index (Phi) is 44.1. The second kappa shape index (κ2) is 46.9. The molecule has 0 aromatic rings. The van der Waals surface area contributed by atoms with E-state index < -0.39 is 49.5 Å². The third-order valence-corrected chi connectivity index (χ3v) is 13.1. The van der Waals surface area contributed by atoms with Crippen LogP contribution in [-0.4, -0.2) is 87.5 Å². The van der Waals surface area contributed by atoms with Crippen molar-refractivity contribution in [3.63, 3.8) is 0 Å². The fourth-order valence-corrected chi connectivity index (χ4v) is 8.67. The Balaban J connectivity index is 2.22. The number of carbonyl (C=O) groups is 1. The highest BCUT2D eigenvalue weighted by Gasteiger charge is 2.44. The number of carbonyl (C=O) groups excluding carboxylic acids is 1. The van der Waals surface area contributed by atoms with Gasteiger partial charge in [-0.15, -0.1) is 0 Å². The fourth-order valence-electron chi connectivity index (χ4n) is 8.67. The Labute approximate surface area is 405 Å². The summed E-state index contributed by atoms with van der Waals surface area (Å²) >= 11 is 0. The maximum Gasteiger partial charge on any atom is 0.220 e. The molecule has 9 heteroatoms. The summed E-state index contributed by atoms with van der Waals surface area (Å²) in [7, 11) is 0. The zero-order valence-corrected chi connectivity index (χ0v) is 42.7. The van der Waals surface area contributed by atoms with Crippen molar-refractivity contribution in [2.24, 2.45) is 0 Å². The summed E-state index contributed by atoms with van der Waals surface area (Å²) in [5, 5.41) is 54.4. The van der Waals surface area contributed by atoms with Gasteiger partial charge in [-0.25, -0.2) is 0 Å². The van der Waals surface area contributed by atoms with Crippen LogP contribution in [0.1, 0.15) is 251 Å². The highest BCUT2D eigenvalue weighted by atomic mass is 16.7. The van der Waals surface area contributed by atoms with E-state index in [0.717, 1.165) is 44.9 Å². The fraction of sp³-hybridized carbons (Fsp3) is 0.842. The van der Waals surface area contributed by atoms with Crippen LogP contribution in [0, 0.1) is 0 Å². The van der Waals surface area contributed by atoms with Crippen LogP contribution in [0.2, 0.25) is 0 Å². The molecule has 0 aromatic heterocycles. The van der Waals surface area contributed by atoms with Crippen molar-refractivity contribution in [2.45, 2.75) is 294 Å². The van der Waals surface area contributed by atoms with Crippen molar-refractivity contribution in [3.05, 3.63) is 48.6 Å². The van der Waals surface area contributed by atoms with Crippen LogP contribution in [0.4, 0.5) is 0 Å². The van der Waals surface area contributed by atoms with Crippen LogP contribution in [0.3, 0.4) is 0 Å². The predicted molar refractivity (Wildman–Crippen MR) is 276 cm³/mol. The SMILES string of the molecule is CCCCCCC/C=C\C/C=C\CCCCCCCCCCCCCCCCCC(=O)NC(COC1OC(CO)C(O)C(O)C1O)C(O)/C=C/CC/C=C/CCCCCCCCCCCC. The minimum atomic E-state index is -1.57. The molecule has 1 saturated heterocycles. The highest BCUT2D eigenvalue weighted by molar-refractivity contribution is 5.76. The number of hydrogen-bond acceptors (Lipinski definition) is 8. The maximum absolute atomic E-state index is 13.0. The van der Waals surface area contributed by atoms with Crippen LogP contribution in [-0.2, 0) is 14.3 Å². The number of hydrogen-bond donors (Lipinski definition) is 6. The normalized spacial score (nSPS) is 20.1. The van der Waals surface area contributed by atoms with E-state index in [2.05, 4.69) is 55.6 Å². The van der Waals surface area contributed by atoms with Crippen LogP contribution in [0.5, 0.6) is 0 Å². The molecule has 0 bridgehead atoms. The average Bonchev–Trinajstić information content (AvgIpc) is 3.32. The van der Waals surface area contributed by atoms with Gasteiger partial charge in [-0.3, -0.25) is 4.79 Å². The standard InChI is InChI=1S/C57H105NO8/c1-3-5-7-9-11-13-15-17-19-21-22-23-24-25-26-27-28-29-30-31-33-35-37-39-41-43-45-47-53(61)58-50(49-65-57-56(64)55(63)54(62)52(48-59)66-57)51(60)46-44-42-40-38-36-34-32-20-18-16-14-12-10-8-6-4-2/h15,17,21-22,36,38,44,46,50-52,54-57,59-60,62-64H,3-14,16,18-20,23-35,37,39-43,45,47-49H2,1-2H3,(H,58,61)/b17-15-,22-21-,38-36+,46-44+. The topological polar surface area (TPSA) is 149 Å². The molecule has 0 spiro atoms. The molecule has 9 nitrogen and oxygen atoms in total. The molecular weight excluding hydrogens is 827 g/mol. The van der Waals surface area contributed by atoms with Crippen molar-refractivity contribution in [1.82, 2.24) is 5.32 Å². The summed E-state index contributed by atoms with van der Waals surface area (Å²) in [6.45, 7) is 3.76. The quantitative estimate of drug-likeness (QED) is 0.0261. The maximum atomic E-state index is 13.0. The van der Waals surface area contributed by atoms with E-state index in [0.29, 0.717) is 6.42 Å². The Bertz CT molecular complexity index is 1170. The summed E-state index contributed by atoms with van der Waals surface area (Å²) in [4.78, 5) is 13.0. The molecule has 1 rings (SSSR count). The monoisotopic (exact) mass is 932 g/mol. The van der Waals surface area contributed by atoms with E-state index in [1.807, 2.05) is 6.08 Å². The van der Waals surface area contributed by atoms with Gasteiger partial charge in [-0.2, -0.15) is 0 Å². The van der Waals surface area contributed by atoms with Crippen LogP contribution in [0.15, 0.2) is 48.6 Å². The first-order valence-electron chi connectivity index (χ1n) is 27.9. The smallest absolute Gasteiger partial charge is 0.220 e. The van der Waals surface area contributed by atoms with Gasteiger partial charge < -0.3 is 40.3 Å². The summed E-state index contributed by atoms with van der Waals surface area (Å²) in [6, 6.07) is -0.821. The van der Waals surface area contributed by atoms with Gasteiger partial charge in [0.15, 0.2) is 6.29 Å². The molecule has 7 atom stereocenters. The minimum Gasteiger partial charge on any atom is -0.394 e. The third kappa shape index (κ3) is 36.2. The lowest BCUT2D eigenvalue weighted by molar-refractivity contribution is -0.302. The van der Waals surface area contributed by atoms with E-state index in [-0.39, 0.29) is 12.5 Å². The van der Waals surface area contributed by atoms with Crippen LogP contribution < -0.4 is 5.32 Å². The molecule has 66 heavy (non-hydrogen) atoms. The molecule has 7 unspecified atom stereocenters. The lowest BCUT2D eigenvalue weighted by Gasteiger charge is -2.40. The van der Waals surface area contributed by atoms with Gasteiger partial charge in [0.2, 0.25) is 5.91 Å². The number of nitrogens with one attached hydrogen (secondary N) is 1. The molecule has 0 radical (unpaired) electrons. The van der Waals surface area contributed by atoms with Gasteiger partial charge in [-0.05, 0) is 64.2 Å². The molecule has 1 fully saturated rings. The molecule has 1 amide bonds. The van der Waals surface area contributed by atoms with Gasteiger partial charge in [0, 0.05) is 6.42 Å². The molecule has 0 aliphatic carbocycles. The van der Waals surface area contributed by atoms with Crippen LogP contribution in [0.25, 0.3) is 0 Å². The van der Waals surface area contributed by atoms with Gasteiger partial charge >= 0.3 is 0 Å². The van der Waals surface area contributed by atoms with E-state index in [9.17, 15) is 30.3 Å². The van der Waals surface area contributed by atoms with Crippen molar-refractivity contribution in [3.8, 4) is 0 Å². The molecule has 386 valence electrons. The average molecular weight is 932 g/mol. The lowest BCUT2D eigenvalue weighted by atomic mass is 9.99. The molecule has 1 aliphatic heterocycles. The van der Waals surface area contributed by atoms with Gasteiger partial charge in [0.25, 0.3) is 0 Å². The zero-order valence-electron chi connectivity index (χ0n) is 42.7. The summed E-state index contributed by atoms with van der Waals surface area (Å²) in [6.07, 6.45) is 54.6. The molecule has 0 saturated carbocycles. The van der Waals surface area contributed by atoms with E-state index in [1.54, 1.807) is 6.08 Å². The van der Waals surface area contributed by atoms with E-state index >= 15 is 0 Å². The first kappa shape index (κ1) is 62.2. The first-order valence-corrected chi connectivity index (χ1v) is 27.9. The number of ether oxygens (including phenoxy) is 2. The predicted octanol–water partition coefficient (Wildman–Crippen LogP) is 13.3. The largest absolute Gasteiger partial charge is 0.394 e. The number of rotatable bonds is 47. The molecular formula is C57H105NO8. The van der Waals surface area contributed by atoms with Gasteiger partial charge in [-0.1, -0.05) is 229 Å². The Morgan fingerprint density at radius 2 is 0.909 bits per heavy atom. The molecule has 6 N–H and O–H groups in total. The number of unbranched alkanes of at least 4 members (excludes halogenated alkanes) is 31. The van der Waals surface area contributed by atoms with E-state index in [4.69, 9.17) is 9.47 Å². The number of allylic oxidation sites excluding steroid dienone is 7. The Morgan fingerprint density at radius 1 is 0.515 bits per heavy atom. The summed E-state index contributed by atoms with van der Waals surface area (Å²) in [5.41, 5.74) is 0. The summed E-state index contributed by atoms with van der Waals surface area (Å²) in [5.74, 6) is -0.186. The summed E-state index contributed by atoms with van der Waals surface area (Å²) < 4.78 is 11.2. The number of aliphatic hydroxyl groups excluding tert-OH is 5. The zero-order chi connectivity index (χ0) is 48.0. The Hall–Kier alpha value is -1.85. The number of aliphatic hydroxyl groups is 5. The van der Waals surface area contributed by atoms with Gasteiger partial charge in [0.1, 0.15) is 24.4 Å². The van der Waals surface area contributed by atoms with Crippen LogP contribution >= 0.6 is 0 Å². The first-order chi connectivity index (χ1) is 32.3. The number of amides is 1. The molecule has 0 aromatic carbocycles. The minimum absolute atomic E-state index is 0.186. The van der Waals surface area contributed by atoms with Gasteiger partial charge in [0.05, 0.1) is 25.4 Å². The highest BCUT2D eigenvalue weighted by Crippen LogP contribution is 2.23.